The Labute approximate surface area is 68.3 Å². The molecule has 4 heteroatoms. The van der Waals surface area contributed by atoms with Crippen LogP contribution in [-0.2, 0) is 0 Å². The van der Waals surface area contributed by atoms with Crippen LogP contribution in [0.5, 0.6) is 11.5 Å². The van der Waals surface area contributed by atoms with Gasteiger partial charge in [-0.15, -0.1) is 0 Å². The van der Waals surface area contributed by atoms with Gasteiger partial charge in [-0.25, -0.2) is 0 Å². The van der Waals surface area contributed by atoms with Crippen molar-refractivity contribution < 1.29 is 19.7 Å². The SMILES string of the molecule is [O-]C1=C([O-])Oc2ccccc2O1. The van der Waals surface area contributed by atoms with E-state index in [1.54, 1.807) is 24.3 Å². The van der Waals surface area contributed by atoms with Crippen molar-refractivity contribution in [2.24, 2.45) is 0 Å². The molecular formula is C8H4O4-2. The Morgan fingerprint density at radius 3 is 1.67 bits per heavy atom. The minimum atomic E-state index is -0.978. The third kappa shape index (κ3) is 0.934. The summed E-state index contributed by atoms with van der Waals surface area (Å²) >= 11 is 0. The van der Waals surface area contributed by atoms with Gasteiger partial charge >= 0.3 is 0 Å². The van der Waals surface area contributed by atoms with E-state index >= 15 is 0 Å². The maximum absolute atomic E-state index is 10.7. The zero-order chi connectivity index (χ0) is 8.55. The van der Waals surface area contributed by atoms with Crippen LogP contribution in [0.2, 0.25) is 0 Å². The molecule has 2 rings (SSSR count). The van der Waals surface area contributed by atoms with Gasteiger partial charge in [0, 0.05) is 11.5 Å². The first-order valence-electron chi connectivity index (χ1n) is 3.30. The smallest absolute Gasteiger partial charge is 0.0786 e. The number of benzene rings is 1. The van der Waals surface area contributed by atoms with Gasteiger partial charge < -0.3 is 19.7 Å². The molecule has 0 aromatic heterocycles. The summed E-state index contributed by atoms with van der Waals surface area (Å²) in [5, 5.41) is 21.3. The van der Waals surface area contributed by atoms with Gasteiger partial charge in [-0.1, -0.05) is 12.1 Å². The second kappa shape index (κ2) is 2.34. The van der Waals surface area contributed by atoms with Crippen LogP contribution in [0.3, 0.4) is 0 Å². The van der Waals surface area contributed by atoms with Crippen molar-refractivity contribution in [2.75, 3.05) is 0 Å². The minimum Gasteiger partial charge on any atom is -0.577 e. The number of ether oxygens (including phenoxy) is 2. The van der Waals surface area contributed by atoms with Crippen molar-refractivity contribution >= 4 is 0 Å². The molecular weight excluding hydrogens is 160 g/mol. The zero-order valence-corrected chi connectivity index (χ0v) is 5.94. The van der Waals surface area contributed by atoms with Crippen LogP contribution in [0, 0.1) is 0 Å². The van der Waals surface area contributed by atoms with Crippen molar-refractivity contribution in [3.63, 3.8) is 0 Å². The topological polar surface area (TPSA) is 64.6 Å². The summed E-state index contributed by atoms with van der Waals surface area (Å²) in [6, 6.07) is 6.48. The summed E-state index contributed by atoms with van der Waals surface area (Å²) in [7, 11) is 0. The maximum atomic E-state index is 10.7. The van der Waals surface area contributed by atoms with E-state index < -0.39 is 11.9 Å². The Balaban J connectivity index is 2.43. The van der Waals surface area contributed by atoms with E-state index in [9.17, 15) is 10.2 Å². The number of rotatable bonds is 0. The summed E-state index contributed by atoms with van der Waals surface area (Å²) in [5.74, 6) is -1.40. The van der Waals surface area contributed by atoms with Crippen molar-refractivity contribution in [3.8, 4) is 11.5 Å². The lowest BCUT2D eigenvalue weighted by molar-refractivity contribution is -0.410. The molecule has 1 aliphatic heterocycles. The fourth-order valence-electron chi connectivity index (χ4n) is 0.902. The van der Waals surface area contributed by atoms with Crippen molar-refractivity contribution in [1.82, 2.24) is 0 Å². The number of fused-ring (bicyclic) bond motifs is 1. The zero-order valence-electron chi connectivity index (χ0n) is 5.94. The molecule has 0 aliphatic carbocycles. The van der Waals surface area contributed by atoms with Gasteiger partial charge in [0.25, 0.3) is 0 Å². The molecule has 4 nitrogen and oxygen atoms in total. The van der Waals surface area contributed by atoms with Gasteiger partial charge in [-0.2, -0.15) is 0 Å². The molecule has 0 radical (unpaired) electrons. The van der Waals surface area contributed by atoms with Crippen LogP contribution in [0.4, 0.5) is 0 Å². The fourth-order valence-corrected chi connectivity index (χ4v) is 0.902. The van der Waals surface area contributed by atoms with E-state index in [1.807, 2.05) is 0 Å². The molecule has 0 unspecified atom stereocenters. The minimum absolute atomic E-state index is 0.280. The molecule has 0 fully saturated rings. The Hall–Kier alpha value is -1.84. The Morgan fingerprint density at radius 1 is 0.833 bits per heavy atom. The fraction of sp³-hybridized carbons (Fsp3) is 0. The highest BCUT2D eigenvalue weighted by atomic mass is 16.7. The monoisotopic (exact) mass is 164 g/mol. The molecule has 0 N–H and O–H groups in total. The van der Waals surface area contributed by atoms with Crippen LogP contribution in [-0.4, -0.2) is 0 Å². The van der Waals surface area contributed by atoms with Gasteiger partial charge in [-0.05, 0) is 12.1 Å². The molecule has 0 saturated heterocycles. The third-order valence-corrected chi connectivity index (χ3v) is 1.42. The largest absolute Gasteiger partial charge is 0.577 e. The quantitative estimate of drug-likeness (QED) is 0.508. The second-order valence-electron chi connectivity index (χ2n) is 2.23. The Kier molecular flexibility index (Phi) is 1.33. The van der Waals surface area contributed by atoms with E-state index in [0.717, 1.165) is 0 Å². The summed E-state index contributed by atoms with van der Waals surface area (Å²) in [4.78, 5) is 0. The molecule has 1 aromatic rings. The number of para-hydroxylation sites is 2. The van der Waals surface area contributed by atoms with E-state index in [0.29, 0.717) is 0 Å². The van der Waals surface area contributed by atoms with E-state index in [4.69, 9.17) is 0 Å². The molecule has 0 bridgehead atoms. The van der Waals surface area contributed by atoms with Crippen LogP contribution >= 0.6 is 0 Å². The standard InChI is InChI=1S/C8H6O4/c9-7-8(10)12-6-4-2-1-3-5(6)11-7/h1-4,9-10H/p-2. The molecule has 1 aliphatic rings. The summed E-state index contributed by atoms with van der Waals surface area (Å²) in [5.41, 5.74) is 0. The first-order valence-corrected chi connectivity index (χ1v) is 3.30. The molecule has 0 atom stereocenters. The lowest BCUT2D eigenvalue weighted by Gasteiger charge is -2.32. The first kappa shape index (κ1) is 6.84. The molecule has 12 heavy (non-hydrogen) atoms. The highest BCUT2D eigenvalue weighted by Crippen LogP contribution is 2.31. The third-order valence-electron chi connectivity index (χ3n) is 1.42. The van der Waals surface area contributed by atoms with Crippen molar-refractivity contribution in [3.05, 3.63) is 36.2 Å². The summed E-state index contributed by atoms with van der Waals surface area (Å²) < 4.78 is 9.26. The predicted molar refractivity (Wildman–Crippen MR) is 34.7 cm³/mol. The lowest BCUT2D eigenvalue weighted by Crippen LogP contribution is -2.27. The van der Waals surface area contributed by atoms with Gasteiger partial charge in [0.15, 0.2) is 0 Å². The maximum Gasteiger partial charge on any atom is 0.0786 e. The lowest BCUT2D eigenvalue weighted by atomic mass is 10.3. The van der Waals surface area contributed by atoms with E-state index in [2.05, 4.69) is 9.47 Å². The summed E-state index contributed by atoms with van der Waals surface area (Å²) in [6.07, 6.45) is 0. The normalized spacial score (nSPS) is 14.7. The average molecular weight is 164 g/mol. The second-order valence-corrected chi connectivity index (χ2v) is 2.23. The van der Waals surface area contributed by atoms with Gasteiger partial charge in [0.05, 0.1) is 11.9 Å². The van der Waals surface area contributed by atoms with Gasteiger partial charge in [-0.3, -0.25) is 0 Å². The molecule has 1 heterocycles. The predicted octanol–water partition coefficient (Wildman–Crippen LogP) is -0.695. The van der Waals surface area contributed by atoms with Crippen molar-refractivity contribution in [1.29, 1.82) is 0 Å². The van der Waals surface area contributed by atoms with Crippen LogP contribution < -0.4 is 19.7 Å². The summed E-state index contributed by atoms with van der Waals surface area (Å²) in [6.45, 7) is 0. The average Bonchev–Trinajstić information content (AvgIpc) is 2.07. The number of hydrogen-bond donors (Lipinski definition) is 0. The van der Waals surface area contributed by atoms with Crippen LogP contribution in [0.25, 0.3) is 0 Å². The molecule has 62 valence electrons. The molecule has 0 saturated carbocycles. The molecule has 1 aromatic carbocycles. The first-order chi connectivity index (χ1) is 5.77. The van der Waals surface area contributed by atoms with Gasteiger partial charge in [0.2, 0.25) is 0 Å². The van der Waals surface area contributed by atoms with Gasteiger partial charge in [0.1, 0.15) is 0 Å². The Bertz CT molecular complexity index is 310. The number of hydrogen-bond acceptors (Lipinski definition) is 4. The molecule has 0 spiro atoms. The van der Waals surface area contributed by atoms with Crippen LogP contribution in [0.15, 0.2) is 36.2 Å². The van der Waals surface area contributed by atoms with E-state index in [-0.39, 0.29) is 11.5 Å². The van der Waals surface area contributed by atoms with E-state index in [1.165, 1.54) is 0 Å². The van der Waals surface area contributed by atoms with Crippen LogP contribution in [0.1, 0.15) is 0 Å². The highest BCUT2D eigenvalue weighted by Gasteiger charge is 2.01. The highest BCUT2D eigenvalue weighted by molar-refractivity contribution is 5.42. The Morgan fingerprint density at radius 2 is 1.25 bits per heavy atom. The van der Waals surface area contributed by atoms with Crippen molar-refractivity contribution in [2.45, 2.75) is 0 Å². The molecule has 0 amide bonds.